The fraction of sp³-hybridized carbons (Fsp3) is 0.364. The van der Waals surface area contributed by atoms with E-state index >= 15 is 0 Å². The zero-order valence-corrected chi connectivity index (χ0v) is 15.6. The van der Waals surface area contributed by atoms with E-state index in [1.165, 1.54) is 27.1 Å². The fourth-order valence-corrected chi connectivity index (χ4v) is 4.54. The molecule has 0 bridgehead atoms. The molecule has 0 saturated heterocycles. The van der Waals surface area contributed by atoms with Gasteiger partial charge in [-0.05, 0) is 56.2 Å². The van der Waals surface area contributed by atoms with Crippen LogP contribution in [-0.2, 0) is 6.42 Å². The van der Waals surface area contributed by atoms with Crippen LogP contribution in [0.1, 0.15) is 35.6 Å². The predicted molar refractivity (Wildman–Crippen MR) is 104 cm³/mol. The molecule has 0 radical (unpaired) electrons. The summed E-state index contributed by atoms with van der Waals surface area (Å²) in [5, 5.41) is 0.563. The molecule has 0 aliphatic rings. The Labute approximate surface area is 146 Å². The van der Waals surface area contributed by atoms with E-state index in [1.54, 1.807) is 0 Å². The minimum Gasteiger partial charge on any atom is -0.122 e. The van der Waals surface area contributed by atoms with Crippen molar-refractivity contribution >= 4 is 11.8 Å². The van der Waals surface area contributed by atoms with Crippen LogP contribution in [0, 0.1) is 26.7 Å². The van der Waals surface area contributed by atoms with E-state index in [2.05, 4.69) is 82.8 Å². The van der Waals surface area contributed by atoms with E-state index in [1.807, 2.05) is 11.8 Å². The van der Waals surface area contributed by atoms with Crippen LogP contribution in [0.5, 0.6) is 0 Å². The van der Waals surface area contributed by atoms with Gasteiger partial charge in [-0.1, -0.05) is 61.0 Å². The zero-order valence-electron chi connectivity index (χ0n) is 14.8. The van der Waals surface area contributed by atoms with Crippen molar-refractivity contribution in [1.82, 2.24) is 0 Å². The molecule has 0 unspecified atom stereocenters. The van der Waals surface area contributed by atoms with Crippen molar-refractivity contribution in [3.63, 3.8) is 0 Å². The van der Waals surface area contributed by atoms with Gasteiger partial charge >= 0.3 is 0 Å². The maximum atomic E-state index is 3.98. The number of allylic oxidation sites excluding steroid dienone is 1. The van der Waals surface area contributed by atoms with Crippen LogP contribution < -0.4 is 0 Å². The van der Waals surface area contributed by atoms with Crippen LogP contribution >= 0.6 is 11.8 Å². The second-order valence-electron chi connectivity index (χ2n) is 6.58. The molecule has 0 saturated carbocycles. The number of aryl methyl sites for hydroxylation is 3. The number of thioether (sulfide) groups is 1. The van der Waals surface area contributed by atoms with E-state index in [0.29, 0.717) is 11.2 Å². The Kier molecular flexibility index (Phi) is 6.53. The summed E-state index contributed by atoms with van der Waals surface area (Å²) < 4.78 is 0. The molecule has 0 aliphatic carbocycles. The Bertz CT molecular complexity index is 619. The van der Waals surface area contributed by atoms with Gasteiger partial charge in [0.05, 0.1) is 0 Å². The third kappa shape index (κ3) is 5.00. The normalized spacial score (nSPS) is 13.6. The summed E-state index contributed by atoms with van der Waals surface area (Å²) >= 11 is 2.03. The standard InChI is InChI=1S/C22H28S/c1-6-10-21(17(3)15-20-11-8-7-9-12-20)23-22-18(4)13-16(2)14-19(22)5/h6-9,11-14,17,21H,1,10,15H2,2-5H3/t17-,21+/m1/s1. The molecule has 0 nitrogen and oxygen atoms in total. The van der Waals surface area contributed by atoms with Gasteiger partial charge in [-0.15, -0.1) is 18.3 Å². The lowest BCUT2D eigenvalue weighted by Crippen LogP contribution is -2.16. The largest absolute Gasteiger partial charge is 0.122 e. The molecule has 2 aromatic rings. The molecule has 0 aliphatic heterocycles. The van der Waals surface area contributed by atoms with Crippen LogP contribution in [-0.4, -0.2) is 5.25 Å². The summed E-state index contributed by atoms with van der Waals surface area (Å²) in [7, 11) is 0. The molecule has 0 N–H and O–H groups in total. The van der Waals surface area contributed by atoms with Crippen molar-refractivity contribution in [3.8, 4) is 0 Å². The lowest BCUT2D eigenvalue weighted by atomic mass is 9.96. The highest BCUT2D eigenvalue weighted by atomic mass is 32.2. The molecular weight excluding hydrogens is 296 g/mol. The molecule has 0 spiro atoms. The third-order valence-electron chi connectivity index (χ3n) is 4.31. The van der Waals surface area contributed by atoms with Gasteiger partial charge in [-0.3, -0.25) is 0 Å². The Morgan fingerprint density at radius 1 is 1.04 bits per heavy atom. The van der Waals surface area contributed by atoms with Crippen molar-refractivity contribution in [2.45, 2.75) is 50.7 Å². The lowest BCUT2D eigenvalue weighted by molar-refractivity contribution is 0.551. The molecule has 2 aromatic carbocycles. The van der Waals surface area contributed by atoms with Crippen molar-refractivity contribution in [3.05, 3.63) is 77.4 Å². The SMILES string of the molecule is C=CC[C@H](Sc1c(C)cc(C)cc1C)[C@H](C)Cc1ccccc1. The minimum atomic E-state index is 0.563. The highest BCUT2D eigenvalue weighted by Gasteiger charge is 2.19. The van der Waals surface area contributed by atoms with Crippen molar-refractivity contribution in [1.29, 1.82) is 0 Å². The van der Waals surface area contributed by atoms with Crippen LogP contribution in [0.2, 0.25) is 0 Å². The quantitative estimate of drug-likeness (QED) is 0.412. The Hall–Kier alpha value is -1.47. The summed E-state index contributed by atoms with van der Waals surface area (Å²) in [5.74, 6) is 0.612. The van der Waals surface area contributed by atoms with Crippen LogP contribution in [0.3, 0.4) is 0 Å². The number of hydrogen-bond acceptors (Lipinski definition) is 1. The molecular formula is C22H28S. The predicted octanol–water partition coefficient (Wildman–Crippen LogP) is 6.53. The lowest BCUT2D eigenvalue weighted by Gasteiger charge is -2.24. The van der Waals surface area contributed by atoms with Crippen molar-refractivity contribution in [2.24, 2.45) is 5.92 Å². The topological polar surface area (TPSA) is 0 Å². The monoisotopic (exact) mass is 324 g/mol. The number of rotatable bonds is 7. The van der Waals surface area contributed by atoms with E-state index in [0.717, 1.165) is 12.8 Å². The summed E-state index contributed by atoms with van der Waals surface area (Å²) in [6, 6.07) is 15.4. The third-order valence-corrected chi connectivity index (χ3v) is 6.15. The number of hydrogen-bond donors (Lipinski definition) is 0. The maximum Gasteiger partial charge on any atom is 0.0158 e. The van der Waals surface area contributed by atoms with Gasteiger partial charge < -0.3 is 0 Å². The van der Waals surface area contributed by atoms with Gasteiger partial charge in [0.1, 0.15) is 0 Å². The van der Waals surface area contributed by atoms with Crippen molar-refractivity contribution < 1.29 is 0 Å². The average Bonchev–Trinajstić information content (AvgIpc) is 2.50. The second kappa shape index (κ2) is 8.40. The molecule has 0 fully saturated rings. The van der Waals surface area contributed by atoms with Gasteiger partial charge in [-0.25, -0.2) is 0 Å². The molecule has 2 atom stereocenters. The molecule has 0 aromatic heterocycles. The highest BCUT2D eigenvalue weighted by Crippen LogP contribution is 2.36. The molecule has 122 valence electrons. The Balaban J connectivity index is 2.17. The first-order valence-corrected chi connectivity index (χ1v) is 9.28. The number of benzene rings is 2. The van der Waals surface area contributed by atoms with Gasteiger partial charge in [0.25, 0.3) is 0 Å². The van der Waals surface area contributed by atoms with E-state index in [9.17, 15) is 0 Å². The molecule has 0 amide bonds. The Morgan fingerprint density at radius 3 is 2.22 bits per heavy atom. The van der Waals surface area contributed by atoms with Crippen LogP contribution in [0.25, 0.3) is 0 Å². The van der Waals surface area contributed by atoms with Gasteiger partial charge in [0.15, 0.2) is 0 Å². The van der Waals surface area contributed by atoms with E-state index in [-0.39, 0.29) is 0 Å². The maximum absolute atomic E-state index is 3.98. The van der Waals surface area contributed by atoms with Gasteiger partial charge in [0.2, 0.25) is 0 Å². The summed E-state index contributed by atoms with van der Waals surface area (Å²) in [6.07, 6.45) is 4.24. The molecule has 2 rings (SSSR count). The van der Waals surface area contributed by atoms with E-state index < -0.39 is 0 Å². The highest BCUT2D eigenvalue weighted by molar-refractivity contribution is 8.00. The second-order valence-corrected chi connectivity index (χ2v) is 7.82. The van der Waals surface area contributed by atoms with Crippen LogP contribution in [0.15, 0.2) is 60.0 Å². The first-order chi connectivity index (χ1) is 11.0. The summed E-state index contributed by atoms with van der Waals surface area (Å²) in [5.41, 5.74) is 5.57. The fourth-order valence-electron chi connectivity index (χ4n) is 3.18. The molecule has 23 heavy (non-hydrogen) atoms. The first kappa shape index (κ1) is 17.9. The molecule has 0 heterocycles. The molecule has 1 heteroatoms. The van der Waals surface area contributed by atoms with E-state index in [4.69, 9.17) is 0 Å². The average molecular weight is 325 g/mol. The van der Waals surface area contributed by atoms with Gasteiger partial charge in [0, 0.05) is 10.1 Å². The first-order valence-electron chi connectivity index (χ1n) is 8.40. The van der Waals surface area contributed by atoms with Gasteiger partial charge in [-0.2, -0.15) is 0 Å². The summed E-state index contributed by atoms with van der Waals surface area (Å²) in [6.45, 7) is 13.0. The van der Waals surface area contributed by atoms with Crippen LogP contribution in [0.4, 0.5) is 0 Å². The smallest absolute Gasteiger partial charge is 0.0158 e. The zero-order chi connectivity index (χ0) is 16.8. The van der Waals surface area contributed by atoms with Crippen molar-refractivity contribution in [2.75, 3.05) is 0 Å². The minimum absolute atomic E-state index is 0.563. The Morgan fingerprint density at radius 2 is 1.65 bits per heavy atom. The summed E-state index contributed by atoms with van der Waals surface area (Å²) in [4.78, 5) is 1.45.